The largest absolute Gasteiger partial charge is 0.480 e. The summed E-state index contributed by atoms with van der Waals surface area (Å²) in [6, 6.07) is 1.33. The molecular formula is C14H28N2O2. The van der Waals surface area contributed by atoms with Crippen molar-refractivity contribution in [1.82, 2.24) is 4.90 Å². The molecule has 18 heavy (non-hydrogen) atoms. The predicted molar refractivity (Wildman–Crippen MR) is 73.6 cm³/mol. The molecule has 1 aliphatic rings. The van der Waals surface area contributed by atoms with E-state index in [1.54, 1.807) is 6.92 Å². The second-order valence-corrected chi connectivity index (χ2v) is 6.05. The molecule has 0 aromatic heterocycles. The number of unbranched alkanes of at least 4 members (excludes halogenated alkanes) is 1. The Morgan fingerprint density at radius 1 is 1.33 bits per heavy atom. The zero-order chi connectivity index (χ0) is 13.8. The van der Waals surface area contributed by atoms with Crippen molar-refractivity contribution >= 4 is 5.97 Å². The first-order chi connectivity index (χ1) is 8.34. The Morgan fingerprint density at radius 2 is 1.89 bits per heavy atom. The highest BCUT2D eigenvalue weighted by Crippen LogP contribution is 2.23. The van der Waals surface area contributed by atoms with Gasteiger partial charge in [0.1, 0.15) is 5.54 Å². The number of carbonyl (C=O) groups is 1. The maximum Gasteiger partial charge on any atom is 0.323 e. The van der Waals surface area contributed by atoms with Crippen LogP contribution in [-0.2, 0) is 4.79 Å². The first kappa shape index (κ1) is 15.4. The van der Waals surface area contributed by atoms with Gasteiger partial charge in [-0.3, -0.25) is 9.69 Å². The van der Waals surface area contributed by atoms with E-state index < -0.39 is 11.5 Å². The average molecular weight is 256 g/mol. The molecule has 0 aromatic rings. The zero-order valence-corrected chi connectivity index (χ0v) is 12.0. The topological polar surface area (TPSA) is 66.6 Å². The standard InChI is InChI=1S/C14H28N2O2/c1-11-7-6-8-12(2)16(11)10-5-4-9-14(3,15)13(17)18/h11-12H,4-10,15H2,1-3H3,(H,17,18)/t11-,12+,14?. The van der Waals surface area contributed by atoms with E-state index in [4.69, 9.17) is 10.8 Å². The molecule has 3 N–H and O–H groups in total. The Morgan fingerprint density at radius 3 is 2.39 bits per heavy atom. The van der Waals surface area contributed by atoms with E-state index in [2.05, 4.69) is 18.7 Å². The third kappa shape index (κ3) is 4.25. The molecule has 1 fully saturated rings. The van der Waals surface area contributed by atoms with Crippen molar-refractivity contribution in [3.63, 3.8) is 0 Å². The lowest BCUT2D eigenvalue weighted by molar-refractivity contribution is -0.142. The van der Waals surface area contributed by atoms with Crippen molar-refractivity contribution < 1.29 is 9.90 Å². The lowest BCUT2D eigenvalue weighted by Crippen LogP contribution is -2.45. The van der Waals surface area contributed by atoms with Crippen LogP contribution in [0.5, 0.6) is 0 Å². The minimum atomic E-state index is -1.07. The molecule has 1 heterocycles. The lowest BCUT2D eigenvalue weighted by atomic mass is 9.94. The van der Waals surface area contributed by atoms with Crippen LogP contribution in [0.4, 0.5) is 0 Å². The van der Waals surface area contributed by atoms with Crippen LogP contribution in [0.25, 0.3) is 0 Å². The minimum absolute atomic E-state index is 0.554. The SMILES string of the molecule is C[C@@H]1CCC[C@H](C)N1CCCCC(C)(N)C(=O)O. The highest BCUT2D eigenvalue weighted by atomic mass is 16.4. The van der Waals surface area contributed by atoms with E-state index >= 15 is 0 Å². The number of carboxylic acid groups (broad SMARTS) is 1. The van der Waals surface area contributed by atoms with Crippen molar-refractivity contribution in [2.24, 2.45) is 5.73 Å². The molecule has 1 unspecified atom stereocenters. The van der Waals surface area contributed by atoms with E-state index in [-0.39, 0.29) is 0 Å². The summed E-state index contributed by atoms with van der Waals surface area (Å²) in [5.41, 5.74) is 4.65. The van der Waals surface area contributed by atoms with E-state index in [1.165, 1.54) is 19.3 Å². The summed E-state index contributed by atoms with van der Waals surface area (Å²) in [7, 11) is 0. The zero-order valence-electron chi connectivity index (χ0n) is 12.0. The Hall–Kier alpha value is -0.610. The van der Waals surface area contributed by atoms with E-state index in [9.17, 15) is 4.79 Å². The molecular weight excluding hydrogens is 228 g/mol. The van der Waals surface area contributed by atoms with E-state index in [0.717, 1.165) is 19.4 Å². The molecule has 0 bridgehead atoms. The maximum absolute atomic E-state index is 10.9. The molecule has 4 nitrogen and oxygen atoms in total. The fraction of sp³-hybridized carbons (Fsp3) is 0.929. The van der Waals surface area contributed by atoms with Crippen molar-refractivity contribution in [3.8, 4) is 0 Å². The summed E-state index contributed by atoms with van der Waals surface area (Å²) in [5.74, 6) is -0.901. The lowest BCUT2D eigenvalue weighted by Gasteiger charge is -2.39. The maximum atomic E-state index is 10.9. The molecule has 106 valence electrons. The molecule has 1 rings (SSSR count). The highest BCUT2D eigenvalue weighted by molar-refractivity contribution is 5.77. The summed E-state index contributed by atoms with van der Waals surface area (Å²) in [4.78, 5) is 13.4. The second kappa shape index (κ2) is 6.53. The van der Waals surface area contributed by atoms with Crippen LogP contribution in [0.1, 0.15) is 59.3 Å². The number of rotatable bonds is 6. The van der Waals surface area contributed by atoms with Crippen LogP contribution in [0.2, 0.25) is 0 Å². The van der Waals surface area contributed by atoms with Gasteiger partial charge in [0.05, 0.1) is 0 Å². The second-order valence-electron chi connectivity index (χ2n) is 6.05. The van der Waals surface area contributed by atoms with Crippen molar-refractivity contribution in [3.05, 3.63) is 0 Å². The number of hydrogen-bond acceptors (Lipinski definition) is 3. The number of likely N-dealkylation sites (tertiary alicyclic amines) is 1. The fourth-order valence-electron chi connectivity index (χ4n) is 2.81. The number of carboxylic acids is 1. The third-order valence-electron chi connectivity index (χ3n) is 4.23. The smallest absolute Gasteiger partial charge is 0.323 e. The summed E-state index contributed by atoms with van der Waals surface area (Å²) >= 11 is 0. The molecule has 0 radical (unpaired) electrons. The molecule has 1 saturated heterocycles. The van der Waals surface area contributed by atoms with Gasteiger partial charge in [0.2, 0.25) is 0 Å². The van der Waals surface area contributed by atoms with E-state index in [0.29, 0.717) is 18.5 Å². The van der Waals surface area contributed by atoms with Crippen molar-refractivity contribution in [1.29, 1.82) is 0 Å². The van der Waals surface area contributed by atoms with Gasteiger partial charge in [-0.05, 0) is 59.4 Å². The van der Waals surface area contributed by atoms with Gasteiger partial charge in [0.25, 0.3) is 0 Å². The van der Waals surface area contributed by atoms with Gasteiger partial charge in [-0.15, -0.1) is 0 Å². The molecule has 0 aliphatic carbocycles. The number of nitrogens with zero attached hydrogens (tertiary/aromatic N) is 1. The van der Waals surface area contributed by atoms with Gasteiger partial charge in [0.15, 0.2) is 0 Å². The molecule has 4 heteroatoms. The van der Waals surface area contributed by atoms with Crippen LogP contribution in [0.15, 0.2) is 0 Å². The highest BCUT2D eigenvalue weighted by Gasteiger charge is 2.28. The van der Waals surface area contributed by atoms with Crippen LogP contribution < -0.4 is 5.73 Å². The third-order valence-corrected chi connectivity index (χ3v) is 4.23. The molecule has 1 aliphatic heterocycles. The molecule has 3 atom stereocenters. The summed E-state index contributed by atoms with van der Waals surface area (Å²) in [6.45, 7) is 7.25. The van der Waals surface area contributed by atoms with Gasteiger partial charge < -0.3 is 10.8 Å². The summed E-state index contributed by atoms with van der Waals surface area (Å²) < 4.78 is 0. The molecule has 0 aromatic carbocycles. The first-order valence-corrected chi connectivity index (χ1v) is 7.12. The Balaban J connectivity index is 2.27. The fourth-order valence-corrected chi connectivity index (χ4v) is 2.81. The monoisotopic (exact) mass is 256 g/mol. The van der Waals surface area contributed by atoms with Crippen molar-refractivity contribution in [2.75, 3.05) is 6.54 Å². The number of aliphatic carboxylic acids is 1. The normalized spacial score (nSPS) is 28.9. The quantitative estimate of drug-likeness (QED) is 0.715. The molecule has 0 saturated carbocycles. The first-order valence-electron chi connectivity index (χ1n) is 7.12. The van der Waals surface area contributed by atoms with Gasteiger partial charge >= 0.3 is 5.97 Å². The minimum Gasteiger partial charge on any atom is -0.480 e. The average Bonchev–Trinajstić information content (AvgIpc) is 2.27. The molecule has 0 amide bonds. The van der Waals surface area contributed by atoms with Crippen LogP contribution in [-0.4, -0.2) is 40.1 Å². The molecule has 0 spiro atoms. The number of hydrogen-bond donors (Lipinski definition) is 2. The van der Waals surface area contributed by atoms with Crippen LogP contribution >= 0.6 is 0 Å². The van der Waals surface area contributed by atoms with Gasteiger partial charge in [-0.1, -0.05) is 6.42 Å². The Bertz CT molecular complexity index is 269. The van der Waals surface area contributed by atoms with Crippen LogP contribution in [0.3, 0.4) is 0 Å². The number of piperidine rings is 1. The van der Waals surface area contributed by atoms with Crippen molar-refractivity contribution in [2.45, 2.75) is 76.9 Å². The Labute approximate surface area is 111 Å². The summed E-state index contributed by atoms with van der Waals surface area (Å²) in [6.07, 6.45) is 6.38. The van der Waals surface area contributed by atoms with E-state index in [1.807, 2.05) is 0 Å². The number of nitrogens with two attached hydrogens (primary N) is 1. The Kier molecular flexibility index (Phi) is 5.60. The van der Waals surface area contributed by atoms with Gasteiger partial charge in [-0.25, -0.2) is 0 Å². The van der Waals surface area contributed by atoms with Gasteiger partial charge in [0, 0.05) is 12.1 Å². The predicted octanol–water partition coefficient (Wildman–Crippen LogP) is 2.22. The van der Waals surface area contributed by atoms with Crippen LogP contribution in [0, 0.1) is 0 Å². The summed E-state index contributed by atoms with van der Waals surface area (Å²) in [5, 5.41) is 8.94. The van der Waals surface area contributed by atoms with Gasteiger partial charge in [-0.2, -0.15) is 0 Å².